The van der Waals surface area contributed by atoms with Crippen LogP contribution in [0.25, 0.3) is 0 Å². The number of nitrogens with zero attached hydrogens (tertiary/aromatic N) is 2. The van der Waals surface area contributed by atoms with Gasteiger partial charge < -0.3 is 10.4 Å². The van der Waals surface area contributed by atoms with Gasteiger partial charge in [-0.1, -0.05) is 17.7 Å². The molecule has 1 amide bonds. The summed E-state index contributed by atoms with van der Waals surface area (Å²) in [6.45, 7) is 5.57. The van der Waals surface area contributed by atoms with E-state index in [4.69, 9.17) is 5.11 Å². The first-order valence-electron chi connectivity index (χ1n) is 6.54. The molecule has 1 heterocycles. The molecule has 2 rings (SSSR count). The fourth-order valence-corrected chi connectivity index (χ4v) is 1.97. The quantitative estimate of drug-likeness (QED) is 0.904. The van der Waals surface area contributed by atoms with E-state index in [2.05, 4.69) is 10.4 Å². The summed E-state index contributed by atoms with van der Waals surface area (Å²) in [7, 11) is 0. The molecule has 6 heteroatoms. The van der Waals surface area contributed by atoms with Crippen LogP contribution >= 0.6 is 0 Å². The van der Waals surface area contributed by atoms with Crippen LogP contribution < -0.4 is 5.32 Å². The lowest BCUT2D eigenvalue weighted by Crippen LogP contribution is -2.24. The summed E-state index contributed by atoms with van der Waals surface area (Å²) >= 11 is 0. The molecule has 110 valence electrons. The molecule has 0 fully saturated rings. The van der Waals surface area contributed by atoms with Crippen LogP contribution in [0.5, 0.6) is 0 Å². The number of carbonyl (C=O) groups excluding carboxylic acids is 1. The number of aryl methyl sites for hydroxylation is 2. The lowest BCUT2D eigenvalue weighted by Gasteiger charge is -2.14. The zero-order valence-corrected chi connectivity index (χ0v) is 12.1. The van der Waals surface area contributed by atoms with E-state index in [0.717, 1.165) is 16.8 Å². The summed E-state index contributed by atoms with van der Waals surface area (Å²) in [5.41, 5.74) is 2.89. The van der Waals surface area contributed by atoms with Gasteiger partial charge in [0.25, 0.3) is 0 Å². The summed E-state index contributed by atoms with van der Waals surface area (Å²) < 4.78 is 1.34. The van der Waals surface area contributed by atoms with Crippen molar-refractivity contribution >= 4 is 17.6 Å². The number of hydrogen-bond donors (Lipinski definition) is 2. The van der Waals surface area contributed by atoms with Gasteiger partial charge in [-0.3, -0.25) is 9.48 Å². The normalized spacial score (nSPS) is 12.0. The molecule has 0 aliphatic carbocycles. The molecule has 1 unspecified atom stereocenters. The minimum Gasteiger partial charge on any atom is -0.478 e. The molecule has 1 atom stereocenters. The van der Waals surface area contributed by atoms with Crippen LogP contribution in [0.3, 0.4) is 0 Å². The number of aromatic carboxylic acids is 1. The summed E-state index contributed by atoms with van der Waals surface area (Å²) in [5.74, 6) is -1.31. The third-order valence-electron chi connectivity index (χ3n) is 3.26. The van der Waals surface area contributed by atoms with Crippen molar-refractivity contribution < 1.29 is 14.7 Å². The average Bonchev–Trinajstić information content (AvgIpc) is 2.90. The van der Waals surface area contributed by atoms with E-state index in [9.17, 15) is 9.59 Å². The number of carbonyl (C=O) groups is 2. The number of nitrogens with one attached hydrogen (secondary N) is 1. The van der Waals surface area contributed by atoms with Crippen molar-refractivity contribution in [1.82, 2.24) is 9.78 Å². The Kier molecular flexibility index (Phi) is 4.07. The van der Waals surface area contributed by atoms with Crippen LogP contribution in [0.15, 0.2) is 30.6 Å². The number of rotatable bonds is 4. The first-order valence-corrected chi connectivity index (χ1v) is 6.54. The first-order chi connectivity index (χ1) is 9.88. The van der Waals surface area contributed by atoms with Gasteiger partial charge >= 0.3 is 5.97 Å². The van der Waals surface area contributed by atoms with Crippen LogP contribution in [-0.2, 0) is 4.79 Å². The average molecular weight is 287 g/mol. The van der Waals surface area contributed by atoms with Gasteiger partial charge in [0.05, 0.1) is 11.8 Å². The Hall–Kier alpha value is -2.63. The highest BCUT2D eigenvalue weighted by molar-refractivity contribution is 5.94. The SMILES string of the molecule is Cc1ccc(NC(=O)C(C)n2cc(C(=O)O)cn2)c(C)c1. The van der Waals surface area contributed by atoms with E-state index in [1.807, 2.05) is 32.0 Å². The van der Waals surface area contributed by atoms with Crippen molar-refractivity contribution in [3.05, 3.63) is 47.3 Å². The van der Waals surface area contributed by atoms with Crippen molar-refractivity contribution in [3.8, 4) is 0 Å². The highest BCUT2D eigenvalue weighted by Gasteiger charge is 2.18. The van der Waals surface area contributed by atoms with Crippen molar-refractivity contribution in [2.45, 2.75) is 26.8 Å². The van der Waals surface area contributed by atoms with E-state index in [1.165, 1.54) is 17.1 Å². The van der Waals surface area contributed by atoms with E-state index < -0.39 is 12.0 Å². The standard InChI is InChI=1S/C15H17N3O3/c1-9-4-5-13(10(2)6-9)17-14(19)11(3)18-8-12(7-16-18)15(20)21/h4-8,11H,1-3H3,(H,17,19)(H,20,21). The number of carboxylic acids is 1. The number of aromatic nitrogens is 2. The molecule has 0 saturated carbocycles. The molecule has 0 spiro atoms. The molecule has 21 heavy (non-hydrogen) atoms. The summed E-state index contributed by atoms with van der Waals surface area (Å²) in [6.07, 6.45) is 2.57. The first kappa shape index (κ1) is 14.8. The number of carboxylic acid groups (broad SMARTS) is 1. The zero-order valence-electron chi connectivity index (χ0n) is 12.1. The predicted octanol–water partition coefficient (Wildman–Crippen LogP) is 2.40. The van der Waals surface area contributed by atoms with Crippen molar-refractivity contribution in [1.29, 1.82) is 0 Å². The lowest BCUT2D eigenvalue weighted by molar-refractivity contribution is -0.119. The van der Waals surface area contributed by atoms with Crippen LogP contribution in [0, 0.1) is 13.8 Å². The molecular formula is C15H17N3O3. The van der Waals surface area contributed by atoms with Gasteiger partial charge in [0.2, 0.25) is 5.91 Å². The van der Waals surface area contributed by atoms with E-state index in [1.54, 1.807) is 6.92 Å². The zero-order chi connectivity index (χ0) is 15.6. The minimum atomic E-state index is -1.07. The Bertz CT molecular complexity index is 691. The summed E-state index contributed by atoms with van der Waals surface area (Å²) in [4.78, 5) is 23.0. The van der Waals surface area contributed by atoms with Gasteiger partial charge in [-0.15, -0.1) is 0 Å². The molecular weight excluding hydrogens is 270 g/mol. The monoisotopic (exact) mass is 287 g/mol. The van der Waals surface area contributed by atoms with Gasteiger partial charge in [0.1, 0.15) is 6.04 Å². The molecule has 1 aromatic heterocycles. The maximum atomic E-state index is 12.2. The van der Waals surface area contributed by atoms with Gasteiger partial charge in [-0.05, 0) is 32.4 Å². The second-order valence-electron chi connectivity index (χ2n) is 5.00. The minimum absolute atomic E-state index is 0.0566. The molecule has 0 aliphatic rings. The number of amides is 1. The smallest absolute Gasteiger partial charge is 0.338 e. The number of benzene rings is 1. The maximum absolute atomic E-state index is 12.2. The van der Waals surface area contributed by atoms with E-state index >= 15 is 0 Å². The molecule has 6 nitrogen and oxygen atoms in total. The van der Waals surface area contributed by atoms with E-state index in [-0.39, 0.29) is 11.5 Å². The van der Waals surface area contributed by atoms with Crippen LogP contribution in [0.1, 0.15) is 34.5 Å². The summed E-state index contributed by atoms with van der Waals surface area (Å²) in [5, 5.41) is 15.6. The third-order valence-corrected chi connectivity index (χ3v) is 3.26. The second-order valence-corrected chi connectivity index (χ2v) is 5.00. The maximum Gasteiger partial charge on any atom is 0.338 e. The van der Waals surface area contributed by atoms with Gasteiger partial charge in [-0.25, -0.2) is 4.79 Å². The third kappa shape index (κ3) is 3.28. The topological polar surface area (TPSA) is 84.2 Å². The number of anilines is 1. The van der Waals surface area contributed by atoms with Gasteiger partial charge in [0, 0.05) is 11.9 Å². The Morgan fingerprint density at radius 3 is 2.62 bits per heavy atom. The molecule has 0 bridgehead atoms. The molecule has 2 N–H and O–H groups in total. The highest BCUT2D eigenvalue weighted by Crippen LogP contribution is 2.18. The molecule has 2 aromatic rings. The number of hydrogen-bond acceptors (Lipinski definition) is 3. The highest BCUT2D eigenvalue weighted by atomic mass is 16.4. The summed E-state index contributed by atoms with van der Waals surface area (Å²) in [6, 6.07) is 5.15. The lowest BCUT2D eigenvalue weighted by atomic mass is 10.1. The fraction of sp³-hybridized carbons (Fsp3) is 0.267. The van der Waals surface area contributed by atoms with Crippen LogP contribution in [0.4, 0.5) is 5.69 Å². The van der Waals surface area contributed by atoms with Crippen LogP contribution in [-0.4, -0.2) is 26.8 Å². The Morgan fingerprint density at radius 1 is 1.33 bits per heavy atom. The molecule has 0 aliphatic heterocycles. The van der Waals surface area contributed by atoms with Gasteiger partial charge in [0.15, 0.2) is 0 Å². The fourth-order valence-electron chi connectivity index (χ4n) is 1.97. The van der Waals surface area contributed by atoms with Gasteiger partial charge in [-0.2, -0.15) is 5.10 Å². The molecule has 1 aromatic carbocycles. The predicted molar refractivity (Wildman–Crippen MR) is 78.4 cm³/mol. The molecule has 0 radical (unpaired) electrons. The van der Waals surface area contributed by atoms with Crippen molar-refractivity contribution in [2.24, 2.45) is 0 Å². The Labute approximate surface area is 122 Å². The largest absolute Gasteiger partial charge is 0.478 e. The van der Waals surface area contributed by atoms with E-state index in [0.29, 0.717) is 0 Å². The Morgan fingerprint density at radius 2 is 2.05 bits per heavy atom. The Balaban J connectivity index is 2.13. The van der Waals surface area contributed by atoms with Crippen molar-refractivity contribution in [2.75, 3.05) is 5.32 Å². The van der Waals surface area contributed by atoms with Crippen LogP contribution in [0.2, 0.25) is 0 Å². The second kappa shape index (κ2) is 5.78. The molecule has 0 saturated heterocycles. The van der Waals surface area contributed by atoms with Crippen molar-refractivity contribution in [3.63, 3.8) is 0 Å².